The highest BCUT2D eigenvalue weighted by Gasteiger charge is 2.32. The van der Waals surface area contributed by atoms with E-state index in [1.165, 1.54) is 0 Å². The third-order valence-electron chi connectivity index (χ3n) is 5.95. The molecule has 7 heteroatoms. The minimum absolute atomic E-state index is 0.179. The number of nitriles is 1. The largest absolute Gasteiger partial charge is 0.497 e. The number of anilines is 1. The number of nitrogens with two attached hydrogens (primary N) is 1. The van der Waals surface area contributed by atoms with Crippen LogP contribution in [0.1, 0.15) is 15.9 Å². The molecule has 162 valence electrons. The molecule has 1 amide bonds. The van der Waals surface area contributed by atoms with Crippen molar-refractivity contribution in [3.63, 3.8) is 0 Å². The number of H-pyrrole nitrogens is 1. The lowest BCUT2D eigenvalue weighted by Crippen LogP contribution is -2.26. The molecular weight excluding hydrogens is 414 g/mol. The predicted octanol–water partition coefficient (Wildman–Crippen LogP) is 4.52. The molecule has 1 aromatic heterocycles. The molecular formula is C26H21N5O2. The molecule has 0 bridgehead atoms. The van der Waals surface area contributed by atoms with Gasteiger partial charge in [-0.15, -0.1) is 0 Å². The molecule has 0 saturated carbocycles. The van der Waals surface area contributed by atoms with Crippen molar-refractivity contribution < 1.29 is 9.53 Å². The number of nitrogens with one attached hydrogen (secondary N) is 1. The van der Waals surface area contributed by atoms with Crippen molar-refractivity contribution in [3.05, 3.63) is 77.9 Å². The van der Waals surface area contributed by atoms with E-state index in [-0.39, 0.29) is 12.5 Å². The molecule has 5 rings (SSSR count). The second-order valence-electron chi connectivity index (χ2n) is 8.00. The SMILES string of the molecule is C=C(C#N)CN1Cc2c(-c3ccc4[nH]nc(-c5cccc(OC)c5)c4c3)ccc(N)c2C1=O. The number of fused-ring (bicyclic) bond motifs is 2. The summed E-state index contributed by atoms with van der Waals surface area (Å²) in [6.07, 6.45) is 0. The number of carbonyl (C=O) groups excluding carboxylic acids is 1. The van der Waals surface area contributed by atoms with Gasteiger partial charge < -0.3 is 15.4 Å². The molecule has 2 heterocycles. The molecule has 0 spiro atoms. The van der Waals surface area contributed by atoms with Gasteiger partial charge in [-0.1, -0.05) is 30.8 Å². The van der Waals surface area contributed by atoms with Gasteiger partial charge in [-0.2, -0.15) is 10.4 Å². The quantitative estimate of drug-likeness (QED) is 0.354. The Morgan fingerprint density at radius 3 is 2.88 bits per heavy atom. The minimum Gasteiger partial charge on any atom is -0.497 e. The fourth-order valence-electron chi connectivity index (χ4n) is 4.34. The van der Waals surface area contributed by atoms with Crippen LogP contribution in [0.25, 0.3) is 33.3 Å². The van der Waals surface area contributed by atoms with Gasteiger partial charge in [0.1, 0.15) is 11.4 Å². The van der Waals surface area contributed by atoms with E-state index in [0.717, 1.165) is 44.6 Å². The smallest absolute Gasteiger partial charge is 0.256 e. The highest BCUT2D eigenvalue weighted by Crippen LogP contribution is 2.38. The van der Waals surface area contributed by atoms with Gasteiger partial charge in [0.15, 0.2) is 0 Å². The fourth-order valence-corrected chi connectivity index (χ4v) is 4.34. The van der Waals surface area contributed by atoms with Crippen LogP contribution in [0.5, 0.6) is 5.75 Å². The Morgan fingerprint density at radius 1 is 1.24 bits per heavy atom. The van der Waals surface area contributed by atoms with Crippen LogP contribution < -0.4 is 10.5 Å². The first-order chi connectivity index (χ1) is 16.0. The van der Waals surface area contributed by atoms with Crippen LogP contribution in [0.4, 0.5) is 5.69 Å². The number of rotatable bonds is 5. The number of aromatic amines is 1. The Balaban J connectivity index is 1.61. The number of ether oxygens (including phenoxy) is 1. The summed E-state index contributed by atoms with van der Waals surface area (Å²) in [5, 5.41) is 17.7. The number of hydrogen-bond acceptors (Lipinski definition) is 5. The predicted molar refractivity (Wildman–Crippen MR) is 127 cm³/mol. The van der Waals surface area contributed by atoms with Crippen molar-refractivity contribution in [2.24, 2.45) is 0 Å². The Kier molecular flexibility index (Phi) is 4.83. The molecule has 3 aromatic carbocycles. The van der Waals surface area contributed by atoms with E-state index in [2.05, 4.69) is 22.8 Å². The summed E-state index contributed by atoms with van der Waals surface area (Å²) in [6.45, 7) is 4.27. The van der Waals surface area contributed by atoms with Gasteiger partial charge in [-0.05, 0) is 47.0 Å². The van der Waals surface area contributed by atoms with Gasteiger partial charge in [-0.3, -0.25) is 9.89 Å². The van der Waals surface area contributed by atoms with Crippen molar-refractivity contribution in [2.75, 3.05) is 19.4 Å². The molecule has 0 fully saturated rings. The number of hydrogen-bond donors (Lipinski definition) is 2. The van der Waals surface area contributed by atoms with Crippen LogP contribution in [-0.4, -0.2) is 34.7 Å². The number of methoxy groups -OCH3 is 1. The second-order valence-corrected chi connectivity index (χ2v) is 8.00. The third-order valence-corrected chi connectivity index (χ3v) is 5.95. The number of nitrogens with zero attached hydrogens (tertiary/aromatic N) is 3. The summed E-state index contributed by atoms with van der Waals surface area (Å²) < 4.78 is 5.36. The lowest BCUT2D eigenvalue weighted by Gasteiger charge is -2.14. The van der Waals surface area contributed by atoms with Gasteiger partial charge in [-0.25, -0.2) is 0 Å². The van der Waals surface area contributed by atoms with Crippen LogP contribution in [0.3, 0.4) is 0 Å². The molecule has 33 heavy (non-hydrogen) atoms. The van der Waals surface area contributed by atoms with Crippen molar-refractivity contribution in [3.8, 4) is 34.2 Å². The lowest BCUT2D eigenvalue weighted by atomic mass is 9.94. The zero-order valence-electron chi connectivity index (χ0n) is 18.1. The highest BCUT2D eigenvalue weighted by molar-refractivity contribution is 6.06. The van der Waals surface area contributed by atoms with Crippen LogP contribution in [-0.2, 0) is 6.54 Å². The fraction of sp³-hybridized carbons (Fsp3) is 0.115. The number of benzene rings is 3. The molecule has 1 aliphatic heterocycles. The van der Waals surface area contributed by atoms with Crippen molar-refractivity contribution in [1.29, 1.82) is 5.26 Å². The Morgan fingerprint density at radius 2 is 2.09 bits per heavy atom. The van der Waals surface area contributed by atoms with E-state index in [4.69, 9.17) is 15.7 Å². The maximum Gasteiger partial charge on any atom is 0.256 e. The normalized spacial score (nSPS) is 12.6. The summed E-state index contributed by atoms with van der Waals surface area (Å²) in [5.74, 6) is 0.580. The zero-order chi connectivity index (χ0) is 23.1. The average molecular weight is 435 g/mol. The summed E-state index contributed by atoms with van der Waals surface area (Å²) in [4.78, 5) is 14.6. The summed E-state index contributed by atoms with van der Waals surface area (Å²) in [7, 11) is 1.64. The van der Waals surface area contributed by atoms with E-state index in [1.807, 2.05) is 48.5 Å². The first-order valence-corrected chi connectivity index (χ1v) is 10.4. The first-order valence-electron chi connectivity index (χ1n) is 10.4. The van der Waals surface area contributed by atoms with Crippen LogP contribution in [0.2, 0.25) is 0 Å². The van der Waals surface area contributed by atoms with Crippen LogP contribution in [0, 0.1) is 11.3 Å². The van der Waals surface area contributed by atoms with E-state index in [1.54, 1.807) is 18.1 Å². The summed E-state index contributed by atoms with van der Waals surface area (Å²) >= 11 is 0. The van der Waals surface area contributed by atoms with Crippen molar-refractivity contribution >= 4 is 22.5 Å². The van der Waals surface area contributed by atoms with Crippen molar-refractivity contribution in [2.45, 2.75) is 6.54 Å². The maximum atomic E-state index is 13.0. The Labute approximate surface area is 190 Å². The highest BCUT2D eigenvalue weighted by atomic mass is 16.5. The monoisotopic (exact) mass is 435 g/mol. The molecule has 4 aromatic rings. The third kappa shape index (κ3) is 3.38. The summed E-state index contributed by atoms with van der Waals surface area (Å²) in [6, 6.07) is 19.5. The molecule has 0 unspecified atom stereocenters. The topological polar surface area (TPSA) is 108 Å². The minimum atomic E-state index is -0.179. The van der Waals surface area contributed by atoms with Gasteiger partial charge in [0.2, 0.25) is 0 Å². The average Bonchev–Trinajstić information content (AvgIpc) is 3.40. The van der Waals surface area contributed by atoms with E-state index in [9.17, 15) is 4.79 Å². The van der Waals surface area contributed by atoms with Crippen LogP contribution in [0.15, 0.2) is 66.7 Å². The number of aromatic nitrogens is 2. The summed E-state index contributed by atoms with van der Waals surface area (Å²) in [5.41, 5.74) is 12.9. The first kappa shape index (κ1) is 20.3. The molecule has 0 saturated heterocycles. The molecule has 3 N–H and O–H groups in total. The molecule has 0 atom stereocenters. The van der Waals surface area contributed by atoms with Gasteiger partial charge >= 0.3 is 0 Å². The number of carbonyl (C=O) groups is 1. The molecule has 0 radical (unpaired) electrons. The number of nitrogen functional groups attached to an aromatic ring is 1. The molecule has 7 nitrogen and oxygen atoms in total. The van der Waals surface area contributed by atoms with Crippen molar-refractivity contribution in [1.82, 2.24) is 15.1 Å². The zero-order valence-corrected chi connectivity index (χ0v) is 18.1. The van der Waals surface area contributed by atoms with E-state index >= 15 is 0 Å². The maximum absolute atomic E-state index is 13.0. The molecule has 1 aliphatic rings. The standard InChI is InChI=1S/C26H21N5O2/c1-15(12-27)13-31-14-21-19(7-8-22(28)24(21)26(31)32)16-6-9-23-20(11-16)25(30-29-23)17-4-3-5-18(10-17)33-2/h3-11H,1,13-14,28H2,2H3,(H,29,30). The second kappa shape index (κ2) is 7.84. The lowest BCUT2D eigenvalue weighted by molar-refractivity contribution is 0.0794. The van der Waals surface area contributed by atoms with Gasteiger partial charge in [0, 0.05) is 28.8 Å². The Bertz CT molecular complexity index is 1480. The van der Waals surface area contributed by atoms with Crippen LogP contribution >= 0.6 is 0 Å². The van der Waals surface area contributed by atoms with E-state index in [0.29, 0.717) is 23.4 Å². The molecule has 0 aliphatic carbocycles. The van der Waals surface area contributed by atoms with Gasteiger partial charge in [0.05, 0.1) is 30.8 Å². The Hall–Kier alpha value is -4.57. The van der Waals surface area contributed by atoms with E-state index < -0.39 is 0 Å². The van der Waals surface area contributed by atoms with Gasteiger partial charge in [0.25, 0.3) is 5.91 Å². The number of amides is 1.